The van der Waals surface area contributed by atoms with Crippen LogP contribution in [0.15, 0.2) is 24.3 Å². The van der Waals surface area contributed by atoms with Gasteiger partial charge in [-0.05, 0) is 66.1 Å². The average Bonchev–Trinajstić information content (AvgIpc) is 2.80. The minimum absolute atomic E-state index is 0. The van der Waals surface area contributed by atoms with Gasteiger partial charge in [0.1, 0.15) is 0 Å². The quantitative estimate of drug-likeness (QED) is 0.712. The van der Waals surface area contributed by atoms with Crippen molar-refractivity contribution >= 4 is 57.4 Å². The number of rotatable bonds is 2. The molecule has 1 aromatic carbocycles. The minimum Gasteiger partial charge on any atom is -0.327 e. The van der Waals surface area contributed by atoms with Gasteiger partial charge in [-0.3, -0.25) is 10.1 Å². The van der Waals surface area contributed by atoms with Gasteiger partial charge in [0, 0.05) is 20.1 Å². The summed E-state index contributed by atoms with van der Waals surface area (Å²) in [5.41, 5.74) is 7.70. The molecule has 1 aliphatic rings. The number of nitrogens with zero attached hydrogens (tertiary/aromatic N) is 1. The highest BCUT2D eigenvalue weighted by Crippen LogP contribution is 2.29. The molecule has 0 unspecified atom stereocenters. The van der Waals surface area contributed by atoms with Gasteiger partial charge in [0.15, 0.2) is 5.13 Å². The molecule has 0 fully saturated rings. The fourth-order valence-corrected chi connectivity index (χ4v) is 3.68. The number of carbonyl (C=O) groups is 1. The van der Waals surface area contributed by atoms with Crippen molar-refractivity contribution in [3.63, 3.8) is 0 Å². The number of anilines is 1. The number of nitrogens with two attached hydrogens (primary N) is 1. The topological polar surface area (TPSA) is 68.0 Å². The number of amides is 1. The Bertz CT molecular complexity index is 644. The van der Waals surface area contributed by atoms with Gasteiger partial charge >= 0.3 is 0 Å². The molecule has 0 bridgehead atoms. The van der Waals surface area contributed by atoms with Crippen LogP contribution in [0.2, 0.25) is 0 Å². The Morgan fingerprint density at radius 2 is 2.10 bits per heavy atom. The Morgan fingerprint density at radius 1 is 1.38 bits per heavy atom. The molecule has 1 amide bonds. The number of fused-ring (bicyclic) bond motifs is 1. The molecule has 112 valence electrons. The van der Waals surface area contributed by atoms with Crippen molar-refractivity contribution in [1.82, 2.24) is 4.98 Å². The zero-order chi connectivity index (χ0) is 14.1. The number of hydrogen-bond donors (Lipinski definition) is 2. The van der Waals surface area contributed by atoms with Gasteiger partial charge in [-0.25, -0.2) is 4.98 Å². The first-order valence-electron chi connectivity index (χ1n) is 6.43. The molecule has 1 aromatic heterocycles. The number of carbonyl (C=O) groups excluding carboxylic acids is 1. The monoisotopic (exact) mass is 435 g/mol. The molecule has 1 atom stereocenters. The molecule has 2 aromatic rings. The van der Waals surface area contributed by atoms with E-state index in [2.05, 4.69) is 32.9 Å². The van der Waals surface area contributed by atoms with Crippen LogP contribution in [0.4, 0.5) is 5.13 Å². The Hall–Kier alpha value is -0.700. The van der Waals surface area contributed by atoms with E-state index in [1.807, 2.05) is 24.3 Å². The van der Waals surface area contributed by atoms with E-state index in [0.717, 1.165) is 28.5 Å². The molecule has 4 nitrogen and oxygen atoms in total. The SMILES string of the molecule is Cl.N[C@H]1CCc2nc(NC(=O)c3ccc(I)cc3)sc2C1. The molecule has 7 heteroatoms. The highest BCUT2D eigenvalue weighted by atomic mass is 127. The lowest BCUT2D eigenvalue weighted by molar-refractivity contribution is 0.102. The van der Waals surface area contributed by atoms with Gasteiger partial charge in [0.25, 0.3) is 5.91 Å². The number of halogens is 2. The van der Waals surface area contributed by atoms with Gasteiger partial charge in [-0.1, -0.05) is 0 Å². The Balaban J connectivity index is 0.00000161. The van der Waals surface area contributed by atoms with Crippen LogP contribution >= 0.6 is 46.3 Å². The third kappa shape index (κ3) is 3.94. The lowest BCUT2D eigenvalue weighted by atomic mass is 9.99. The maximum atomic E-state index is 12.1. The van der Waals surface area contributed by atoms with E-state index in [0.29, 0.717) is 10.7 Å². The van der Waals surface area contributed by atoms with Crippen molar-refractivity contribution in [3.05, 3.63) is 44.0 Å². The van der Waals surface area contributed by atoms with E-state index in [1.165, 1.54) is 4.88 Å². The number of aryl methyl sites for hydroxylation is 1. The standard InChI is InChI=1S/C14H14IN3OS.ClH/c15-9-3-1-8(2-4-9)13(19)18-14-17-11-6-5-10(16)7-12(11)20-14;/h1-4,10H,5-7,16H2,(H,17,18,19);1H/t10-;/m0./s1. The van der Waals surface area contributed by atoms with E-state index < -0.39 is 0 Å². The first kappa shape index (κ1) is 16.7. The molecule has 1 aliphatic carbocycles. The Kier molecular flexibility index (Phi) is 5.59. The second-order valence-corrected chi connectivity index (χ2v) is 7.18. The van der Waals surface area contributed by atoms with E-state index in [-0.39, 0.29) is 24.4 Å². The summed E-state index contributed by atoms with van der Waals surface area (Å²) in [6, 6.07) is 7.70. The normalized spacial score (nSPS) is 16.8. The van der Waals surface area contributed by atoms with Crippen molar-refractivity contribution < 1.29 is 4.79 Å². The molecular formula is C14H15ClIN3OS. The van der Waals surface area contributed by atoms with Gasteiger partial charge in [-0.2, -0.15) is 0 Å². The van der Waals surface area contributed by atoms with Crippen molar-refractivity contribution in [3.8, 4) is 0 Å². The van der Waals surface area contributed by atoms with Crippen LogP contribution in [0.5, 0.6) is 0 Å². The number of benzene rings is 1. The Morgan fingerprint density at radius 3 is 2.81 bits per heavy atom. The number of hydrogen-bond acceptors (Lipinski definition) is 4. The summed E-state index contributed by atoms with van der Waals surface area (Å²) in [5.74, 6) is -0.114. The molecular weight excluding hydrogens is 421 g/mol. The van der Waals surface area contributed by atoms with Crippen LogP contribution in [0.25, 0.3) is 0 Å². The van der Waals surface area contributed by atoms with Crippen LogP contribution < -0.4 is 11.1 Å². The summed E-state index contributed by atoms with van der Waals surface area (Å²) < 4.78 is 1.11. The smallest absolute Gasteiger partial charge is 0.257 e. The van der Waals surface area contributed by atoms with E-state index >= 15 is 0 Å². The van der Waals surface area contributed by atoms with Crippen LogP contribution in [0.1, 0.15) is 27.3 Å². The predicted octanol–water partition coefficient (Wildman–Crippen LogP) is 3.24. The summed E-state index contributed by atoms with van der Waals surface area (Å²) in [6.07, 6.45) is 2.75. The van der Waals surface area contributed by atoms with Crippen molar-refractivity contribution in [2.24, 2.45) is 5.73 Å². The van der Waals surface area contributed by atoms with Crippen molar-refractivity contribution in [2.75, 3.05) is 5.32 Å². The zero-order valence-electron chi connectivity index (χ0n) is 11.1. The highest BCUT2D eigenvalue weighted by molar-refractivity contribution is 14.1. The number of thiazole rings is 1. The van der Waals surface area contributed by atoms with E-state index in [1.54, 1.807) is 11.3 Å². The number of aromatic nitrogens is 1. The predicted molar refractivity (Wildman–Crippen MR) is 96.5 cm³/mol. The van der Waals surface area contributed by atoms with E-state index in [9.17, 15) is 4.79 Å². The lowest BCUT2D eigenvalue weighted by Gasteiger charge is -2.15. The molecule has 0 spiro atoms. The minimum atomic E-state index is -0.114. The zero-order valence-corrected chi connectivity index (χ0v) is 14.9. The third-order valence-corrected chi connectivity index (χ3v) is 5.06. The van der Waals surface area contributed by atoms with Crippen LogP contribution in [0.3, 0.4) is 0 Å². The largest absolute Gasteiger partial charge is 0.327 e. The maximum Gasteiger partial charge on any atom is 0.257 e. The number of nitrogens with one attached hydrogen (secondary N) is 1. The summed E-state index contributed by atoms with van der Waals surface area (Å²) in [7, 11) is 0. The highest BCUT2D eigenvalue weighted by Gasteiger charge is 2.20. The van der Waals surface area contributed by atoms with Gasteiger partial charge in [0.05, 0.1) is 5.69 Å². The second-order valence-electron chi connectivity index (χ2n) is 4.85. The van der Waals surface area contributed by atoms with Crippen LogP contribution in [-0.2, 0) is 12.8 Å². The van der Waals surface area contributed by atoms with Gasteiger partial charge in [-0.15, -0.1) is 23.7 Å². The fourth-order valence-electron chi connectivity index (χ4n) is 2.22. The second kappa shape index (κ2) is 7.04. The maximum absolute atomic E-state index is 12.1. The van der Waals surface area contributed by atoms with Crippen molar-refractivity contribution in [2.45, 2.75) is 25.3 Å². The average molecular weight is 436 g/mol. The molecule has 0 radical (unpaired) electrons. The van der Waals surface area contributed by atoms with Gasteiger partial charge < -0.3 is 5.73 Å². The fraction of sp³-hybridized carbons (Fsp3) is 0.286. The molecule has 0 aliphatic heterocycles. The molecule has 21 heavy (non-hydrogen) atoms. The first-order valence-corrected chi connectivity index (χ1v) is 8.32. The molecule has 0 saturated carbocycles. The molecule has 1 heterocycles. The summed E-state index contributed by atoms with van der Waals surface area (Å²) in [4.78, 5) is 17.8. The third-order valence-electron chi connectivity index (χ3n) is 3.30. The van der Waals surface area contributed by atoms with Crippen LogP contribution in [-0.4, -0.2) is 16.9 Å². The first-order chi connectivity index (χ1) is 9.61. The van der Waals surface area contributed by atoms with E-state index in [4.69, 9.17) is 5.73 Å². The molecule has 3 rings (SSSR count). The van der Waals surface area contributed by atoms with Gasteiger partial charge in [0.2, 0.25) is 0 Å². The summed E-state index contributed by atoms with van der Waals surface area (Å²) in [5, 5.41) is 3.55. The van der Waals surface area contributed by atoms with Crippen LogP contribution in [0, 0.1) is 3.57 Å². The summed E-state index contributed by atoms with van der Waals surface area (Å²) >= 11 is 3.76. The molecule has 3 N–H and O–H groups in total. The lowest BCUT2D eigenvalue weighted by Crippen LogP contribution is -2.27. The summed E-state index contributed by atoms with van der Waals surface area (Å²) in [6.45, 7) is 0. The Labute approximate surface area is 147 Å². The molecule has 0 saturated heterocycles. The van der Waals surface area contributed by atoms with Crippen molar-refractivity contribution in [1.29, 1.82) is 0 Å².